The van der Waals surface area contributed by atoms with E-state index in [1.54, 1.807) is 7.11 Å². The highest BCUT2D eigenvalue weighted by atomic mass is 16.5. The molecule has 0 aliphatic carbocycles. The van der Waals surface area contributed by atoms with Crippen molar-refractivity contribution in [3.05, 3.63) is 29.5 Å². The summed E-state index contributed by atoms with van der Waals surface area (Å²) in [5.41, 5.74) is 3.80. The van der Waals surface area contributed by atoms with Gasteiger partial charge >= 0.3 is 0 Å². The SMILES string of the molecule is CCC(CC)Oc1nc(C)c(-c2ccc(C(C)C)cc2OC)nc1NC. The Morgan fingerprint density at radius 1 is 1.12 bits per heavy atom. The van der Waals surface area contributed by atoms with Crippen LogP contribution in [0.25, 0.3) is 11.3 Å². The average Bonchev–Trinajstić information content (AvgIpc) is 2.65. The van der Waals surface area contributed by atoms with Gasteiger partial charge in [0.15, 0.2) is 5.82 Å². The molecule has 0 spiro atoms. The van der Waals surface area contributed by atoms with E-state index in [2.05, 4.69) is 56.2 Å². The van der Waals surface area contributed by atoms with Crippen LogP contribution in [0.4, 0.5) is 5.82 Å². The number of methoxy groups -OCH3 is 1. The first kappa shape index (κ1) is 20.0. The molecule has 0 atom stereocenters. The standard InChI is InChI=1S/C21H31N3O2/c1-8-16(9-2)26-21-20(22-6)24-19(14(5)23-21)17-11-10-15(13(3)4)12-18(17)25-7/h10-13,16H,8-9H2,1-7H3,(H,22,24). The Balaban J connectivity index is 2.51. The Bertz CT molecular complexity index is 740. The van der Waals surface area contributed by atoms with Crippen molar-refractivity contribution < 1.29 is 9.47 Å². The van der Waals surface area contributed by atoms with Gasteiger partial charge < -0.3 is 14.8 Å². The number of hydrogen-bond donors (Lipinski definition) is 1. The van der Waals surface area contributed by atoms with E-state index in [9.17, 15) is 0 Å². The molecule has 5 nitrogen and oxygen atoms in total. The maximum Gasteiger partial charge on any atom is 0.257 e. The summed E-state index contributed by atoms with van der Waals surface area (Å²) in [6.07, 6.45) is 2.01. The van der Waals surface area contributed by atoms with Gasteiger partial charge in [-0.05, 0) is 43.4 Å². The normalized spacial score (nSPS) is 11.1. The van der Waals surface area contributed by atoms with Gasteiger partial charge in [0.2, 0.25) is 0 Å². The lowest BCUT2D eigenvalue weighted by Crippen LogP contribution is -2.16. The van der Waals surface area contributed by atoms with Crippen LogP contribution in [0.2, 0.25) is 0 Å². The average molecular weight is 357 g/mol. The predicted octanol–water partition coefficient (Wildman–Crippen LogP) is 5.19. The van der Waals surface area contributed by atoms with Crippen molar-refractivity contribution in [1.29, 1.82) is 0 Å². The minimum atomic E-state index is 0.140. The number of aromatic nitrogens is 2. The Kier molecular flexibility index (Phi) is 6.83. The summed E-state index contributed by atoms with van der Waals surface area (Å²) in [6, 6.07) is 6.26. The van der Waals surface area contributed by atoms with Gasteiger partial charge in [-0.2, -0.15) is 0 Å². The second-order valence-corrected chi connectivity index (χ2v) is 6.73. The number of hydrogen-bond acceptors (Lipinski definition) is 5. The minimum Gasteiger partial charge on any atom is -0.496 e. The molecule has 0 unspecified atom stereocenters. The Morgan fingerprint density at radius 2 is 1.81 bits per heavy atom. The van der Waals surface area contributed by atoms with E-state index in [0.717, 1.165) is 35.5 Å². The molecule has 1 N–H and O–H groups in total. The first-order valence-corrected chi connectivity index (χ1v) is 9.36. The van der Waals surface area contributed by atoms with E-state index in [-0.39, 0.29) is 6.10 Å². The number of benzene rings is 1. The molecule has 1 aromatic heterocycles. The summed E-state index contributed by atoms with van der Waals surface area (Å²) in [4.78, 5) is 9.47. The van der Waals surface area contributed by atoms with Crippen LogP contribution >= 0.6 is 0 Å². The molecule has 0 aliphatic rings. The van der Waals surface area contributed by atoms with Crippen LogP contribution in [0, 0.1) is 6.92 Å². The van der Waals surface area contributed by atoms with Crippen molar-refractivity contribution in [2.45, 2.75) is 59.5 Å². The maximum atomic E-state index is 6.05. The van der Waals surface area contributed by atoms with E-state index in [4.69, 9.17) is 14.5 Å². The molecule has 0 saturated carbocycles. The summed E-state index contributed by atoms with van der Waals surface area (Å²) in [7, 11) is 3.53. The molecule has 5 heteroatoms. The topological polar surface area (TPSA) is 56.3 Å². The van der Waals surface area contributed by atoms with Crippen LogP contribution in [0.15, 0.2) is 18.2 Å². The Labute approximate surface area is 157 Å². The van der Waals surface area contributed by atoms with Crippen LogP contribution in [0.1, 0.15) is 57.7 Å². The van der Waals surface area contributed by atoms with Gasteiger partial charge in [-0.3, -0.25) is 0 Å². The molecule has 0 amide bonds. The van der Waals surface area contributed by atoms with Crippen molar-refractivity contribution >= 4 is 5.82 Å². The molecule has 0 fully saturated rings. The molecule has 2 aromatic rings. The molecule has 0 bridgehead atoms. The van der Waals surface area contributed by atoms with Crippen molar-refractivity contribution in [3.8, 4) is 22.9 Å². The zero-order chi connectivity index (χ0) is 19.3. The highest BCUT2D eigenvalue weighted by Crippen LogP contribution is 2.35. The van der Waals surface area contributed by atoms with E-state index < -0.39 is 0 Å². The third kappa shape index (κ3) is 4.26. The third-order valence-electron chi connectivity index (χ3n) is 4.61. The minimum absolute atomic E-state index is 0.140. The number of rotatable bonds is 8. The van der Waals surface area contributed by atoms with Gasteiger partial charge in [-0.1, -0.05) is 33.8 Å². The molecule has 0 aliphatic heterocycles. The molecular formula is C21H31N3O2. The van der Waals surface area contributed by atoms with Crippen molar-refractivity contribution in [2.75, 3.05) is 19.5 Å². The van der Waals surface area contributed by atoms with Crippen molar-refractivity contribution in [2.24, 2.45) is 0 Å². The molecule has 26 heavy (non-hydrogen) atoms. The Morgan fingerprint density at radius 3 is 2.35 bits per heavy atom. The van der Waals surface area contributed by atoms with Crippen molar-refractivity contribution in [1.82, 2.24) is 9.97 Å². The van der Waals surface area contributed by atoms with Crippen LogP contribution < -0.4 is 14.8 Å². The van der Waals surface area contributed by atoms with E-state index in [1.165, 1.54) is 5.56 Å². The van der Waals surface area contributed by atoms with Gasteiger partial charge in [0, 0.05) is 12.6 Å². The van der Waals surface area contributed by atoms with Gasteiger partial charge in [0.1, 0.15) is 11.9 Å². The highest BCUT2D eigenvalue weighted by Gasteiger charge is 2.18. The van der Waals surface area contributed by atoms with Crippen molar-refractivity contribution in [3.63, 3.8) is 0 Å². The highest BCUT2D eigenvalue weighted by molar-refractivity contribution is 5.71. The second kappa shape index (κ2) is 8.88. The molecule has 142 valence electrons. The fraction of sp³-hybridized carbons (Fsp3) is 0.524. The van der Waals surface area contributed by atoms with Gasteiger partial charge in [0.05, 0.1) is 18.5 Å². The van der Waals surface area contributed by atoms with E-state index >= 15 is 0 Å². The summed E-state index contributed by atoms with van der Waals surface area (Å²) >= 11 is 0. The number of nitrogens with zero attached hydrogens (tertiary/aromatic N) is 2. The molecular weight excluding hydrogens is 326 g/mol. The largest absolute Gasteiger partial charge is 0.496 e. The van der Waals surface area contributed by atoms with Gasteiger partial charge in [-0.25, -0.2) is 9.97 Å². The first-order valence-electron chi connectivity index (χ1n) is 9.36. The lowest BCUT2D eigenvalue weighted by atomic mass is 9.99. The first-order chi connectivity index (χ1) is 12.4. The number of anilines is 1. The lowest BCUT2D eigenvalue weighted by molar-refractivity contribution is 0.185. The van der Waals surface area contributed by atoms with Crippen LogP contribution in [0.5, 0.6) is 11.6 Å². The fourth-order valence-corrected chi connectivity index (χ4v) is 2.87. The third-order valence-corrected chi connectivity index (χ3v) is 4.61. The Hall–Kier alpha value is -2.30. The number of aryl methyl sites for hydroxylation is 1. The number of nitrogens with one attached hydrogen (secondary N) is 1. The summed E-state index contributed by atoms with van der Waals surface area (Å²) in [5.74, 6) is 2.45. The number of ether oxygens (including phenoxy) is 2. The van der Waals surface area contributed by atoms with Crippen LogP contribution in [-0.4, -0.2) is 30.2 Å². The molecule has 1 aromatic carbocycles. The van der Waals surface area contributed by atoms with Gasteiger partial charge in [0.25, 0.3) is 5.88 Å². The van der Waals surface area contributed by atoms with Crippen LogP contribution in [-0.2, 0) is 0 Å². The maximum absolute atomic E-state index is 6.05. The van der Waals surface area contributed by atoms with E-state index in [1.807, 2.05) is 14.0 Å². The smallest absolute Gasteiger partial charge is 0.257 e. The summed E-state index contributed by atoms with van der Waals surface area (Å²) in [5, 5.41) is 3.11. The molecule has 0 radical (unpaired) electrons. The monoisotopic (exact) mass is 357 g/mol. The lowest BCUT2D eigenvalue weighted by Gasteiger charge is -2.19. The molecule has 1 heterocycles. The second-order valence-electron chi connectivity index (χ2n) is 6.73. The predicted molar refractivity (Wildman–Crippen MR) is 107 cm³/mol. The fourth-order valence-electron chi connectivity index (χ4n) is 2.87. The zero-order valence-electron chi connectivity index (χ0n) is 17.0. The van der Waals surface area contributed by atoms with E-state index in [0.29, 0.717) is 17.6 Å². The van der Waals surface area contributed by atoms with Gasteiger partial charge in [-0.15, -0.1) is 0 Å². The molecule has 2 rings (SSSR count). The summed E-state index contributed by atoms with van der Waals surface area (Å²) < 4.78 is 11.7. The molecule has 0 saturated heterocycles. The zero-order valence-corrected chi connectivity index (χ0v) is 17.0. The quantitative estimate of drug-likeness (QED) is 0.704. The van der Waals surface area contributed by atoms with Crippen LogP contribution in [0.3, 0.4) is 0 Å². The summed E-state index contributed by atoms with van der Waals surface area (Å²) in [6.45, 7) is 10.5.